The molecule has 3 heteroatoms. The van der Waals surface area contributed by atoms with Crippen LogP contribution in [-0.4, -0.2) is 30.1 Å². The van der Waals surface area contributed by atoms with Crippen molar-refractivity contribution in [2.24, 2.45) is 5.41 Å². The van der Waals surface area contributed by atoms with Crippen LogP contribution in [0.4, 0.5) is 0 Å². The van der Waals surface area contributed by atoms with Crippen LogP contribution in [0.2, 0.25) is 0 Å². The lowest BCUT2D eigenvalue weighted by molar-refractivity contribution is -0.0609. The van der Waals surface area contributed by atoms with E-state index in [0.717, 1.165) is 29.5 Å². The van der Waals surface area contributed by atoms with Gasteiger partial charge in [0.05, 0.1) is 5.60 Å². The molecule has 0 aromatic heterocycles. The Morgan fingerprint density at radius 2 is 1.86 bits per heavy atom. The van der Waals surface area contributed by atoms with Crippen LogP contribution in [0.25, 0.3) is 5.57 Å². The Hall–Kier alpha value is -1.94. The summed E-state index contributed by atoms with van der Waals surface area (Å²) in [6.07, 6.45) is 9.29. The van der Waals surface area contributed by atoms with Crippen molar-refractivity contribution in [3.63, 3.8) is 0 Å². The number of nitrogens with zero attached hydrogens (tertiary/aromatic N) is 1. The second-order valence-electron chi connectivity index (χ2n) is 7.78. The Morgan fingerprint density at radius 3 is 2.43 bits per heavy atom. The summed E-state index contributed by atoms with van der Waals surface area (Å²) in [4.78, 5) is 2.21. The van der Waals surface area contributed by atoms with Gasteiger partial charge < -0.3 is 10.0 Å². The zero-order valence-electron chi connectivity index (χ0n) is 16.6. The van der Waals surface area contributed by atoms with Gasteiger partial charge in [0.2, 0.25) is 0 Å². The van der Waals surface area contributed by atoms with E-state index in [0.29, 0.717) is 0 Å². The first-order valence-corrected chi connectivity index (χ1v) is 10.4. The molecule has 2 atom stereocenters. The molecule has 0 radical (unpaired) electrons. The number of hydrogen-bond donors (Lipinski definition) is 1. The average molecular weight is 438 g/mol. The van der Waals surface area contributed by atoms with Crippen molar-refractivity contribution >= 4 is 21.5 Å². The summed E-state index contributed by atoms with van der Waals surface area (Å²) in [5.41, 5.74) is 1.88. The van der Waals surface area contributed by atoms with Crippen LogP contribution in [0.1, 0.15) is 24.5 Å². The molecule has 0 fully saturated rings. The predicted molar refractivity (Wildman–Crippen MR) is 122 cm³/mol. The minimum absolute atomic E-state index is 0.434. The first-order chi connectivity index (χ1) is 13.4. The number of allylic oxidation sites excluding steroid dienone is 3. The summed E-state index contributed by atoms with van der Waals surface area (Å²) in [5, 5.41) is 11.8. The second-order valence-corrected chi connectivity index (χ2v) is 8.70. The molecule has 0 saturated carbocycles. The summed E-state index contributed by atoms with van der Waals surface area (Å²) in [5.74, 6) is 0. The molecule has 1 N–H and O–H groups in total. The first-order valence-electron chi connectivity index (χ1n) is 9.61. The number of benzene rings is 2. The van der Waals surface area contributed by atoms with Gasteiger partial charge in [-0.05, 0) is 49.2 Å². The number of halogens is 1. The van der Waals surface area contributed by atoms with Gasteiger partial charge in [0.25, 0.3) is 0 Å². The van der Waals surface area contributed by atoms with Gasteiger partial charge in [-0.2, -0.15) is 0 Å². The lowest BCUT2D eigenvalue weighted by Crippen LogP contribution is -2.49. The maximum Gasteiger partial charge on any atom is 0.0974 e. The van der Waals surface area contributed by atoms with Gasteiger partial charge in [-0.25, -0.2) is 0 Å². The van der Waals surface area contributed by atoms with Crippen LogP contribution in [0.15, 0.2) is 90.0 Å². The normalized spacial score (nSPS) is 21.2. The van der Waals surface area contributed by atoms with Crippen LogP contribution in [0, 0.1) is 5.41 Å². The summed E-state index contributed by atoms with van der Waals surface area (Å²) < 4.78 is 1.01. The SMILES string of the molecule is C=CCN(C)CC1(C(C)(O)c2ccc(Br)cc2)C=CC(c2ccccc2)=CC1. The van der Waals surface area contributed by atoms with Crippen molar-refractivity contribution in [1.29, 1.82) is 0 Å². The summed E-state index contributed by atoms with van der Waals surface area (Å²) >= 11 is 3.49. The van der Waals surface area contributed by atoms with E-state index >= 15 is 0 Å². The molecule has 1 aliphatic carbocycles. The molecule has 0 spiro atoms. The maximum atomic E-state index is 11.8. The summed E-state index contributed by atoms with van der Waals surface area (Å²) in [7, 11) is 2.07. The van der Waals surface area contributed by atoms with Gasteiger partial charge in [0.1, 0.15) is 0 Å². The summed E-state index contributed by atoms with van der Waals surface area (Å²) in [6, 6.07) is 18.4. The Kier molecular flexibility index (Phi) is 6.39. The van der Waals surface area contributed by atoms with Crippen LogP contribution in [0.5, 0.6) is 0 Å². The smallest absolute Gasteiger partial charge is 0.0974 e. The molecule has 0 bridgehead atoms. The standard InChI is InChI=1S/C25H28BrNO/c1-4-18-27(3)19-25(24(2,28)22-10-12-23(26)13-11-22)16-14-21(15-17-25)20-8-6-5-7-9-20/h4-16,28H,1,17-19H2,2-3H3. The number of hydrogen-bond acceptors (Lipinski definition) is 2. The van der Waals surface area contributed by atoms with Crippen LogP contribution in [-0.2, 0) is 5.60 Å². The van der Waals surface area contributed by atoms with E-state index in [4.69, 9.17) is 0 Å². The summed E-state index contributed by atoms with van der Waals surface area (Å²) in [6.45, 7) is 7.31. The van der Waals surface area contributed by atoms with Gasteiger partial charge in [0.15, 0.2) is 0 Å². The highest BCUT2D eigenvalue weighted by atomic mass is 79.9. The monoisotopic (exact) mass is 437 g/mol. The number of aliphatic hydroxyl groups is 1. The average Bonchev–Trinajstić information content (AvgIpc) is 2.69. The molecule has 1 aliphatic rings. The van der Waals surface area contributed by atoms with Crippen molar-refractivity contribution in [3.05, 3.63) is 101 Å². The second kappa shape index (κ2) is 8.60. The van der Waals surface area contributed by atoms with Gasteiger partial charge in [-0.15, -0.1) is 6.58 Å². The van der Waals surface area contributed by atoms with E-state index in [9.17, 15) is 5.11 Å². The molecule has 28 heavy (non-hydrogen) atoms. The third kappa shape index (κ3) is 4.22. The zero-order chi connectivity index (χ0) is 20.2. The topological polar surface area (TPSA) is 23.5 Å². The molecule has 0 saturated heterocycles. The predicted octanol–water partition coefficient (Wildman–Crippen LogP) is 5.80. The van der Waals surface area contributed by atoms with Crippen LogP contribution < -0.4 is 0 Å². The van der Waals surface area contributed by atoms with Crippen molar-refractivity contribution in [2.75, 3.05) is 20.1 Å². The fourth-order valence-electron chi connectivity index (χ4n) is 3.98. The molecule has 0 amide bonds. The number of rotatable bonds is 7. The van der Waals surface area contributed by atoms with E-state index in [1.165, 1.54) is 11.1 Å². The minimum Gasteiger partial charge on any atom is -0.384 e. The Morgan fingerprint density at radius 1 is 1.18 bits per heavy atom. The minimum atomic E-state index is -1.02. The molecule has 0 aliphatic heterocycles. The molecule has 0 heterocycles. The largest absolute Gasteiger partial charge is 0.384 e. The third-order valence-corrected chi connectivity index (χ3v) is 6.27. The molecule has 2 aromatic carbocycles. The Balaban J connectivity index is 1.98. The van der Waals surface area contributed by atoms with Crippen molar-refractivity contribution in [1.82, 2.24) is 4.90 Å². The van der Waals surface area contributed by atoms with Crippen molar-refractivity contribution < 1.29 is 5.11 Å². The van der Waals surface area contributed by atoms with Gasteiger partial charge in [0, 0.05) is 23.0 Å². The highest BCUT2D eigenvalue weighted by molar-refractivity contribution is 9.10. The lowest BCUT2D eigenvalue weighted by Gasteiger charge is -2.47. The van der Waals surface area contributed by atoms with E-state index in [-0.39, 0.29) is 0 Å². The Labute approximate surface area is 177 Å². The van der Waals surface area contributed by atoms with Crippen molar-refractivity contribution in [2.45, 2.75) is 18.9 Å². The molecule has 146 valence electrons. The molecule has 3 rings (SSSR count). The van der Waals surface area contributed by atoms with Crippen LogP contribution in [0.3, 0.4) is 0 Å². The molecular formula is C25H28BrNO. The van der Waals surface area contributed by atoms with Crippen molar-refractivity contribution in [3.8, 4) is 0 Å². The number of likely N-dealkylation sites (N-methyl/N-ethyl adjacent to an activating group) is 1. The third-order valence-electron chi connectivity index (χ3n) is 5.74. The highest BCUT2D eigenvalue weighted by Gasteiger charge is 2.47. The first kappa shape index (κ1) is 20.8. The lowest BCUT2D eigenvalue weighted by atomic mass is 9.64. The van der Waals surface area contributed by atoms with Gasteiger partial charge in [-0.1, -0.05) is 82.7 Å². The van der Waals surface area contributed by atoms with E-state index in [1.807, 2.05) is 43.3 Å². The molecule has 2 unspecified atom stereocenters. The molecule has 2 aromatic rings. The zero-order valence-corrected chi connectivity index (χ0v) is 18.2. The maximum absolute atomic E-state index is 11.8. The highest BCUT2D eigenvalue weighted by Crippen LogP contribution is 2.47. The van der Waals surface area contributed by atoms with Gasteiger partial charge >= 0.3 is 0 Å². The van der Waals surface area contributed by atoms with E-state index < -0.39 is 11.0 Å². The molecule has 2 nitrogen and oxygen atoms in total. The molecular weight excluding hydrogens is 410 g/mol. The Bertz CT molecular complexity index is 867. The quantitative estimate of drug-likeness (QED) is 0.552. The van der Waals surface area contributed by atoms with E-state index in [2.05, 4.69) is 76.9 Å². The van der Waals surface area contributed by atoms with Gasteiger partial charge in [-0.3, -0.25) is 0 Å². The van der Waals surface area contributed by atoms with E-state index in [1.54, 1.807) is 0 Å². The fraction of sp³-hybridized carbons (Fsp3) is 0.280. The fourth-order valence-corrected chi connectivity index (χ4v) is 4.25. The van der Waals surface area contributed by atoms with Crippen LogP contribution >= 0.6 is 15.9 Å².